The number of halogens is 2. The zero-order valence-corrected chi connectivity index (χ0v) is 16.4. The summed E-state index contributed by atoms with van der Waals surface area (Å²) in [7, 11) is 0. The van der Waals surface area contributed by atoms with Gasteiger partial charge in [-0.05, 0) is 31.2 Å². The van der Waals surface area contributed by atoms with E-state index in [4.69, 9.17) is 11.6 Å². The smallest absolute Gasteiger partial charge is 0.257 e. The molecule has 3 rings (SSSR count). The van der Waals surface area contributed by atoms with E-state index in [9.17, 15) is 19.1 Å². The van der Waals surface area contributed by atoms with E-state index in [0.717, 1.165) is 0 Å². The molecule has 0 saturated carbocycles. The monoisotopic (exact) mass is 415 g/mol. The molecule has 0 fully saturated rings. The number of rotatable bonds is 6. The lowest BCUT2D eigenvalue weighted by molar-refractivity contribution is -0.116. The third kappa shape index (κ3) is 4.70. The number of benzene rings is 2. The lowest BCUT2D eigenvalue weighted by Crippen LogP contribution is -2.33. The fourth-order valence-electron chi connectivity index (χ4n) is 2.99. The van der Waals surface area contributed by atoms with Gasteiger partial charge in [0, 0.05) is 34.9 Å². The molecule has 0 unspecified atom stereocenters. The standard InChI is InChI=1S/C21H19ClFN3O3/c1-13-16(9-10-27)21(29)26(20(24-13)14-5-4-6-15(22)11-14)12-19(28)25-18-8-3-2-7-17(18)23/h2-8,11,27H,9-10,12H2,1H3,(H,25,28). The molecule has 1 amide bonds. The fraction of sp³-hybridized carbons (Fsp3) is 0.190. The number of carbonyl (C=O) groups is 1. The molecule has 2 aromatic carbocycles. The Bertz CT molecular complexity index is 1110. The number of hydrogen-bond acceptors (Lipinski definition) is 4. The van der Waals surface area contributed by atoms with Crippen LogP contribution in [0.25, 0.3) is 11.4 Å². The predicted octanol–water partition coefficient (Wildman–Crippen LogP) is 3.18. The highest BCUT2D eigenvalue weighted by molar-refractivity contribution is 6.30. The molecule has 0 saturated heterocycles. The van der Waals surface area contributed by atoms with Crippen LogP contribution in [-0.4, -0.2) is 27.2 Å². The predicted molar refractivity (Wildman–Crippen MR) is 109 cm³/mol. The quantitative estimate of drug-likeness (QED) is 0.647. The van der Waals surface area contributed by atoms with E-state index in [2.05, 4.69) is 10.3 Å². The number of anilines is 1. The summed E-state index contributed by atoms with van der Waals surface area (Å²) in [5, 5.41) is 12.2. The second kappa shape index (κ2) is 8.98. The highest BCUT2D eigenvalue weighted by atomic mass is 35.5. The number of aryl methyl sites for hydroxylation is 1. The maximum absolute atomic E-state index is 13.8. The SMILES string of the molecule is Cc1nc(-c2cccc(Cl)c2)n(CC(=O)Nc2ccccc2F)c(=O)c1CCO. The van der Waals surface area contributed by atoms with Gasteiger partial charge in [0.25, 0.3) is 5.56 Å². The van der Waals surface area contributed by atoms with Crippen molar-refractivity contribution in [1.29, 1.82) is 0 Å². The molecular weight excluding hydrogens is 397 g/mol. The number of carbonyl (C=O) groups excluding carboxylic acids is 1. The zero-order chi connectivity index (χ0) is 21.0. The van der Waals surface area contributed by atoms with Crippen molar-refractivity contribution in [3.63, 3.8) is 0 Å². The minimum absolute atomic E-state index is 0.0190. The van der Waals surface area contributed by atoms with Gasteiger partial charge in [-0.25, -0.2) is 9.37 Å². The van der Waals surface area contributed by atoms with Gasteiger partial charge in [0.1, 0.15) is 18.2 Å². The van der Waals surface area contributed by atoms with Gasteiger partial charge in [0.05, 0.1) is 5.69 Å². The molecule has 29 heavy (non-hydrogen) atoms. The number of aliphatic hydroxyl groups excluding tert-OH is 1. The second-order valence-electron chi connectivity index (χ2n) is 6.40. The van der Waals surface area contributed by atoms with E-state index in [0.29, 0.717) is 21.8 Å². The van der Waals surface area contributed by atoms with Gasteiger partial charge in [-0.1, -0.05) is 35.9 Å². The number of hydrogen-bond donors (Lipinski definition) is 2. The molecule has 0 aliphatic carbocycles. The molecule has 0 aliphatic heterocycles. The summed E-state index contributed by atoms with van der Waals surface area (Å²) in [4.78, 5) is 30.1. The van der Waals surface area contributed by atoms with Crippen LogP contribution in [0.3, 0.4) is 0 Å². The largest absolute Gasteiger partial charge is 0.396 e. The van der Waals surface area contributed by atoms with Gasteiger partial charge in [0.2, 0.25) is 5.91 Å². The van der Waals surface area contributed by atoms with E-state index in [1.807, 2.05) is 0 Å². The number of amides is 1. The third-order valence-corrected chi connectivity index (χ3v) is 4.60. The summed E-state index contributed by atoms with van der Waals surface area (Å²) in [5.41, 5.74) is 0.921. The van der Waals surface area contributed by atoms with Crippen LogP contribution in [0.2, 0.25) is 5.02 Å². The first-order chi connectivity index (χ1) is 13.9. The van der Waals surface area contributed by atoms with Crippen molar-refractivity contribution in [2.45, 2.75) is 19.9 Å². The number of para-hydroxylation sites is 1. The Morgan fingerprint density at radius 1 is 1.24 bits per heavy atom. The van der Waals surface area contributed by atoms with Crippen LogP contribution in [0.1, 0.15) is 11.3 Å². The minimum atomic E-state index is -0.582. The lowest BCUT2D eigenvalue weighted by atomic mass is 10.1. The van der Waals surface area contributed by atoms with Crippen LogP contribution in [0.5, 0.6) is 0 Å². The Hall–Kier alpha value is -3.03. The summed E-state index contributed by atoms with van der Waals surface area (Å²) in [6.45, 7) is 1.07. The molecule has 3 aromatic rings. The van der Waals surface area contributed by atoms with Crippen LogP contribution >= 0.6 is 11.6 Å². The van der Waals surface area contributed by atoms with Crippen LogP contribution in [-0.2, 0) is 17.8 Å². The summed E-state index contributed by atoms with van der Waals surface area (Å²) in [6.07, 6.45) is 0.114. The number of nitrogens with zero attached hydrogens (tertiary/aromatic N) is 2. The van der Waals surface area contributed by atoms with Crippen LogP contribution in [0.15, 0.2) is 53.3 Å². The van der Waals surface area contributed by atoms with Crippen molar-refractivity contribution in [3.8, 4) is 11.4 Å². The van der Waals surface area contributed by atoms with Crippen LogP contribution in [0, 0.1) is 12.7 Å². The Morgan fingerprint density at radius 3 is 2.69 bits per heavy atom. The molecular formula is C21H19ClFN3O3. The topological polar surface area (TPSA) is 84.2 Å². The van der Waals surface area contributed by atoms with Gasteiger partial charge >= 0.3 is 0 Å². The molecule has 0 radical (unpaired) electrons. The Morgan fingerprint density at radius 2 is 2.00 bits per heavy atom. The third-order valence-electron chi connectivity index (χ3n) is 4.36. The molecule has 1 heterocycles. The van der Waals surface area contributed by atoms with Crippen molar-refractivity contribution in [2.24, 2.45) is 0 Å². The summed E-state index contributed by atoms with van der Waals surface area (Å²) >= 11 is 6.07. The van der Waals surface area contributed by atoms with Crippen molar-refractivity contribution in [3.05, 3.63) is 81.0 Å². The average Bonchev–Trinajstić information content (AvgIpc) is 2.69. The number of aliphatic hydroxyl groups is 1. The average molecular weight is 416 g/mol. The molecule has 0 atom stereocenters. The second-order valence-corrected chi connectivity index (χ2v) is 6.84. The first kappa shape index (κ1) is 20.7. The summed E-state index contributed by atoms with van der Waals surface area (Å²) in [6, 6.07) is 12.5. The van der Waals surface area contributed by atoms with Crippen molar-refractivity contribution in [1.82, 2.24) is 9.55 Å². The van der Waals surface area contributed by atoms with Crippen molar-refractivity contribution in [2.75, 3.05) is 11.9 Å². The van der Waals surface area contributed by atoms with Gasteiger partial charge < -0.3 is 10.4 Å². The van der Waals surface area contributed by atoms with Gasteiger partial charge in [-0.2, -0.15) is 0 Å². The van der Waals surface area contributed by atoms with Crippen molar-refractivity contribution >= 4 is 23.2 Å². The van der Waals surface area contributed by atoms with E-state index in [-0.39, 0.29) is 31.1 Å². The Kier molecular flexibility index (Phi) is 6.41. The normalized spacial score (nSPS) is 10.8. The van der Waals surface area contributed by atoms with Crippen molar-refractivity contribution < 1.29 is 14.3 Å². The van der Waals surface area contributed by atoms with E-state index in [1.165, 1.54) is 22.8 Å². The number of nitrogens with one attached hydrogen (secondary N) is 1. The van der Waals surface area contributed by atoms with Crippen LogP contribution in [0.4, 0.5) is 10.1 Å². The van der Waals surface area contributed by atoms with E-state index < -0.39 is 17.3 Å². The first-order valence-electron chi connectivity index (χ1n) is 8.92. The number of aromatic nitrogens is 2. The highest BCUT2D eigenvalue weighted by Crippen LogP contribution is 2.22. The first-order valence-corrected chi connectivity index (χ1v) is 9.30. The molecule has 0 spiro atoms. The minimum Gasteiger partial charge on any atom is -0.396 e. The molecule has 8 heteroatoms. The maximum atomic E-state index is 13.8. The molecule has 6 nitrogen and oxygen atoms in total. The van der Waals surface area contributed by atoms with E-state index in [1.54, 1.807) is 37.3 Å². The molecule has 0 bridgehead atoms. The van der Waals surface area contributed by atoms with Gasteiger partial charge in [-0.15, -0.1) is 0 Å². The summed E-state index contributed by atoms with van der Waals surface area (Å²) in [5.74, 6) is -0.896. The molecule has 1 aromatic heterocycles. The maximum Gasteiger partial charge on any atom is 0.257 e. The van der Waals surface area contributed by atoms with E-state index >= 15 is 0 Å². The van der Waals surface area contributed by atoms with Gasteiger partial charge in [-0.3, -0.25) is 14.2 Å². The zero-order valence-electron chi connectivity index (χ0n) is 15.7. The molecule has 2 N–H and O–H groups in total. The lowest BCUT2D eigenvalue weighted by Gasteiger charge is -2.16. The fourth-order valence-corrected chi connectivity index (χ4v) is 3.18. The highest BCUT2D eigenvalue weighted by Gasteiger charge is 2.18. The molecule has 150 valence electrons. The Labute approximate surface area is 171 Å². The van der Waals surface area contributed by atoms with Gasteiger partial charge in [0.15, 0.2) is 0 Å². The molecule has 0 aliphatic rings. The van der Waals surface area contributed by atoms with Crippen LogP contribution < -0.4 is 10.9 Å². The Balaban J connectivity index is 2.05. The summed E-state index contributed by atoms with van der Waals surface area (Å²) < 4.78 is 15.0.